The number of carbonyl (C=O) groups excluding carboxylic acids is 1. The monoisotopic (exact) mass is 428 g/mol. The van der Waals surface area contributed by atoms with Crippen molar-refractivity contribution in [1.82, 2.24) is 5.12 Å². The van der Waals surface area contributed by atoms with E-state index in [4.69, 9.17) is 11.6 Å². The van der Waals surface area contributed by atoms with E-state index in [1.54, 1.807) is 6.92 Å². The van der Waals surface area contributed by atoms with E-state index in [9.17, 15) is 4.79 Å². The van der Waals surface area contributed by atoms with Crippen molar-refractivity contribution in [2.75, 3.05) is 6.54 Å². The first-order chi connectivity index (χ1) is 14.8. The van der Waals surface area contributed by atoms with E-state index < -0.39 is 0 Å². The predicted molar refractivity (Wildman–Crippen MR) is 125 cm³/mol. The van der Waals surface area contributed by atoms with Gasteiger partial charge in [0.1, 0.15) is 12.4 Å². The van der Waals surface area contributed by atoms with Gasteiger partial charge in [-0.3, -0.25) is 4.79 Å². The Bertz CT molecular complexity index is 729. The third-order valence-corrected chi connectivity index (χ3v) is 10.5. The lowest BCUT2D eigenvalue weighted by atomic mass is 9.48. The fourth-order valence-corrected chi connectivity index (χ4v) is 9.28. The van der Waals surface area contributed by atoms with Crippen LogP contribution in [0.1, 0.15) is 85.0 Å². The molecule has 5 aliphatic rings. The molecule has 0 aromatic heterocycles. The van der Waals surface area contributed by atoms with E-state index in [0.717, 1.165) is 53.8 Å². The number of fused-ring (bicyclic) bond motifs is 5. The van der Waals surface area contributed by atoms with Crippen LogP contribution in [-0.4, -0.2) is 23.3 Å². The van der Waals surface area contributed by atoms with Gasteiger partial charge in [0.05, 0.1) is 0 Å². The lowest BCUT2D eigenvalue weighted by Crippen LogP contribution is -2.51. The molecule has 5 aliphatic carbocycles. The highest BCUT2D eigenvalue weighted by Crippen LogP contribution is 2.69. The number of carbonyl (C=O) groups is 1. The summed E-state index contributed by atoms with van der Waals surface area (Å²) in [6, 6.07) is 0. The number of ketones is 1. The molecule has 9 atom stereocenters. The predicted octanol–water partition coefficient (Wildman–Crippen LogP) is 4.56. The summed E-state index contributed by atoms with van der Waals surface area (Å²) in [5, 5.41) is 5.35. The molecule has 0 saturated heterocycles. The van der Waals surface area contributed by atoms with Gasteiger partial charge in [0.15, 0.2) is 5.78 Å². The maximum atomic E-state index is 13.5. The highest BCUT2D eigenvalue weighted by Gasteiger charge is 2.63. The third kappa shape index (κ3) is 3.83. The number of hydrogen-bond donors (Lipinski definition) is 2. The second-order valence-electron chi connectivity index (χ2n) is 12.4. The molecule has 0 heterocycles. The summed E-state index contributed by atoms with van der Waals surface area (Å²) in [6.07, 6.45) is 13.7. The topological polar surface area (TPSA) is 84.7 Å². The minimum absolute atomic E-state index is 0.146. The molecule has 5 saturated carbocycles. The van der Waals surface area contributed by atoms with Crippen LogP contribution in [0.15, 0.2) is 5.10 Å². The van der Waals surface area contributed by atoms with Crippen LogP contribution in [0.4, 0.5) is 0 Å². The third-order valence-electron chi connectivity index (χ3n) is 10.5. The molecule has 0 radical (unpaired) electrons. The van der Waals surface area contributed by atoms with Crippen LogP contribution >= 0.6 is 0 Å². The van der Waals surface area contributed by atoms with Gasteiger partial charge < -0.3 is 5.73 Å². The van der Waals surface area contributed by atoms with Gasteiger partial charge in [0, 0.05) is 5.92 Å². The Balaban J connectivity index is 1.38. The summed E-state index contributed by atoms with van der Waals surface area (Å²) in [4.78, 5) is 13.5. The van der Waals surface area contributed by atoms with Crippen LogP contribution in [0.5, 0.6) is 0 Å². The van der Waals surface area contributed by atoms with Gasteiger partial charge in [0.25, 0.3) is 0 Å². The normalized spacial score (nSPS) is 47.3. The second-order valence-corrected chi connectivity index (χ2v) is 12.4. The molecule has 0 aliphatic heterocycles. The van der Waals surface area contributed by atoms with E-state index in [0.29, 0.717) is 11.6 Å². The Morgan fingerprint density at radius 1 is 0.968 bits per heavy atom. The molecule has 0 aromatic rings. The van der Waals surface area contributed by atoms with Gasteiger partial charge in [-0.25, -0.2) is 11.0 Å². The summed E-state index contributed by atoms with van der Waals surface area (Å²) in [7, 11) is 0. The largest absolute Gasteiger partial charge is 0.386 e. The van der Waals surface area contributed by atoms with Crippen LogP contribution in [0.2, 0.25) is 0 Å². The number of nitrogens with two attached hydrogens (primary N) is 2. The minimum Gasteiger partial charge on any atom is -0.386 e. The zero-order valence-electron chi connectivity index (χ0n) is 19.9. The molecule has 5 heteroatoms. The summed E-state index contributed by atoms with van der Waals surface area (Å²) in [5.41, 5.74) is 5.83. The van der Waals surface area contributed by atoms with Crippen molar-refractivity contribution in [3.05, 3.63) is 0 Å². The molecule has 0 bridgehead atoms. The lowest BCUT2D eigenvalue weighted by molar-refractivity contribution is -0.132. The molecule has 0 aromatic carbocycles. The smallest absolute Gasteiger partial charge is 0.159 e. The van der Waals surface area contributed by atoms with Crippen LogP contribution in [0.25, 0.3) is 0 Å². The summed E-state index contributed by atoms with van der Waals surface area (Å²) in [6.45, 7) is 6.85. The SMILES string of the molecule is C/C(N)=N/N(N)CC(=O)C1CC(C2CC2)C2C3CCC4CC(C)CCC4C3CCC12C. The van der Waals surface area contributed by atoms with Gasteiger partial charge in [-0.2, -0.15) is 0 Å². The number of Topliss-reactive ketones (excluding diaryl/α,β-unsaturated/α-hetero) is 1. The Hall–Kier alpha value is -1.10. The average molecular weight is 429 g/mol. The van der Waals surface area contributed by atoms with Crippen LogP contribution in [-0.2, 0) is 4.79 Å². The van der Waals surface area contributed by atoms with E-state index in [1.165, 1.54) is 62.9 Å². The van der Waals surface area contributed by atoms with Gasteiger partial charge in [-0.15, -0.1) is 5.10 Å². The maximum absolute atomic E-state index is 13.5. The van der Waals surface area contributed by atoms with Crippen molar-refractivity contribution in [2.45, 2.75) is 85.0 Å². The van der Waals surface area contributed by atoms with E-state index in [-0.39, 0.29) is 17.9 Å². The van der Waals surface area contributed by atoms with Gasteiger partial charge in [-0.05, 0) is 117 Å². The van der Waals surface area contributed by atoms with Crippen molar-refractivity contribution in [1.29, 1.82) is 0 Å². The van der Waals surface area contributed by atoms with Gasteiger partial charge in [0.2, 0.25) is 0 Å². The fraction of sp³-hybridized carbons (Fsp3) is 0.923. The maximum Gasteiger partial charge on any atom is 0.159 e. The summed E-state index contributed by atoms with van der Waals surface area (Å²) in [5.74, 6) is 13.9. The zero-order valence-corrected chi connectivity index (χ0v) is 19.9. The molecule has 0 spiro atoms. The van der Waals surface area contributed by atoms with Crippen molar-refractivity contribution < 1.29 is 4.79 Å². The quantitative estimate of drug-likeness (QED) is 0.291. The fourth-order valence-electron chi connectivity index (χ4n) is 9.28. The molecule has 9 unspecified atom stereocenters. The number of nitrogens with zero attached hydrogens (tertiary/aromatic N) is 2. The van der Waals surface area contributed by atoms with Crippen molar-refractivity contribution >= 4 is 11.6 Å². The first-order valence-corrected chi connectivity index (χ1v) is 13.1. The first-order valence-electron chi connectivity index (χ1n) is 13.1. The zero-order chi connectivity index (χ0) is 21.9. The van der Waals surface area contributed by atoms with Gasteiger partial charge in [-0.1, -0.05) is 20.3 Å². The number of amidine groups is 1. The molecular weight excluding hydrogens is 384 g/mol. The molecule has 5 nitrogen and oxygen atoms in total. The minimum atomic E-state index is 0.146. The molecule has 5 rings (SSSR count). The van der Waals surface area contributed by atoms with E-state index in [1.807, 2.05) is 0 Å². The van der Waals surface area contributed by atoms with Crippen molar-refractivity contribution in [2.24, 2.45) is 75.4 Å². The van der Waals surface area contributed by atoms with Crippen LogP contribution in [0.3, 0.4) is 0 Å². The molecule has 4 N–H and O–H groups in total. The lowest BCUT2D eigenvalue weighted by Gasteiger charge is -2.57. The molecule has 5 fully saturated rings. The van der Waals surface area contributed by atoms with Crippen molar-refractivity contribution in [3.8, 4) is 0 Å². The highest BCUT2D eigenvalue weighted by atomic mass is 16.1. The molecule has 31 heavy (non-hydrogen) atoms. The molecule has 174 valence electrons. The Kier molecular flexibility index (Phi) is 5.64. The standard InChI is InChI=1S/C26H44N4O/c1-15-4-8-19-18(12-15)7-9-21-20(19)10-11-26(3)23(13-22(25(21)26)17-5-6-17)24(31)14-30(28)29-16(2)27/h15,17-23,25H,4-14,28H2,1-3H3,(H2,27,29). The number of hydrazine groups is 1. The number of hydrazone groups is 1. The molecular formula is C26H44N4O. The Morgan fingerprint density at radius 3 is 2.39 bits per heavy atom. The van der Waals surface area contributed by atoms with E-state index in [2.05, 4.69) is 18.9 Å². The summed E-state index contributed by atoms with van der Waals surface area (Å²) < 4.78 is 0. The average Bonchev–Trinajstić information content (AvgIpc) is 3.48. The highest BCUT2D eigenvalue weighted by molar-refractivity contribution is 5.84. The van der Waals surface area contributed by atoms with Crippen LogP contribution < -0.4 is 11.6 Å². The Labute approximate surface area is 188 Å². The van der Waals surface area contributed by atoms with Gasteiger partial charge >= 0.3 is 0 Å². The van der Waals surface area contributed by atoms with Crippen molar-refractivity contribution in [3.63, 3.8) is 0 Å². The number of rotatable bonds is 5. The molecule has 0 amide bonds. The van der Waals surface area contributed by atoms with Crippen LogP contribution in [0, 0.1) is 58.7 Å². The second kappa shape index (κ2) is 8.04. The first kappa shape index (κ1) is 21.7. The Morgan fingerprint density at radius 2 is 1.68 bits per heavy atom. The van der Waals surface area contributed by atoms with E-state index >= 15 is 0 Å². The summed E-state index contributed by atoms with van der Waals surface area (Å²) >= 11 is 0. The number of hydrogen-bond acceptors (Lipinski definition) is 4.